The van der Waals surface area contributed by atoms with E-state index in [0.29, 0.717) is 18.9 Å². The largest absolute Gasteiger partial charge is 0.444 e. The summed E-state index contributed by atoms with van der Waals surface area (Å²) in [5, 5.41) is 0. The molecular formula is C23H37N3O4. The fraction of sp³-hybridized carbons (Fsp3) is 0.696. The summed E-state index contributed by atoms with van der Waals surface area (Å²) in [6, 6.07) is 3.71. The number of ether oxygens (including phenoxy) is 2. The zero-order chi connectivity index (χ0) is 22.5. The topological polar surface area (TPSA) is 72.0 Å². The third-order valence-electron chi connectivity index (χ3n) is 4.66. The van der Waals surface area contributed by atoms with Crippen LogP contribution in [-0.2, 0) is 9.47 Å². The maximum atomic E-state index is 12.7. The van der Waals surface area contributed by atoms with Crippen molar-refractivity contribution < 1.29 is 19.1 Å². The number of hydrogen-bond acceptors (Lipinski definition) is 5. The van der Waals surface area contributed by atoms with Crippen LogP contribution in [0.15, 0.2) is 18.3 Å². The van der Waals surface area contributed by atoms with Crippen molar-refractivity contribution in [2.75, 3.05) is 18.0 Å². The van der Waals surface area contributed by atoms with E-state index in [4.69, 9.17) is 9.47 Å². The van der Waals surface area contributed by atoms with Gasteiger partial charge in [-0.3, -0.25) is 4.90 Å². The molecule has 1 aromatic heterocycles. The van der Waals surface area contributed by atoms with E-state index in [9.17, 15) is 9.59 Å². The molecule has 1 aliphatic rings. The number of rotatable bonds is 5. The van der Waals surface area contributed by atoms with Gasteiger partial charge < -0.3 is 14.4 Å². The highest BCUT2D eigenvalue weighted by Gasteiger charge is 2.33. The summed E-state index contributed by atoms with van der Waals surface area (Å²) in [6.07, 6.45) is 4.67. The first-order valence-electron chi connectivity index (χ1n) is 10.9. The lowest BCUT2D eigenvalue weighted by Crippen LogP contribution is -2.38. The van der Waals surface area contributed by atoms with Gasteiger partial charge in [0.25, 0.3) is 0 Å². The first kappa shape index (κ1) is 24.0. The SMILES string of the molecule is CCCCN(C(=O)OC(C)(C)C)c1ccc([C@@H]2CCCN2C(=O)OC(C)(C)C)cn1. The number of nitrogens with zero attached hydrogens (tertiary/aromatic N) is 3. The van der Waals surface area contributed by atoms with Crippen molar-refractivity contribution in [3.05, 3.63) is 23.9 Å². The second kappa shape index (κ2) is 9.67. The van der Waals surface area contributed by atoms with Crippen LogP contribution in [0, 0.1) is 0 Å². The minimum Gasteiger partial charge on any atom is -0.444 e. The lowest BCUT2D eigenvalue weighted by atomic mass is 10.1. The third-order valence-corrected chi connectivity index (χ3v) is 4.66. The Hall–Kier alpha value is -2.31. The summed E-state index contributed by atoms with van der Waals surface area (Å²) in [4.78, 5) is 33.1. The Balaban J connectivity index is 2.18. The molecule has 0 unspecified atom stereocenters. The van der Waals surface area contributed by atoms with Crippen LogP contribution in [0.25, 0.3) is 0 Å². The fourth-order valence-corrected chi connectivity index (χ4v) is 3.34. The van der Waals surface area contributed by atoms with Crippen LogP contribution in [0.3, 0.4) is 0 Å². The highest BCUT2D eigenvalue weighted by atomic mass is 16.6. The summed E-state index contributed by atoms with van der Waals surface area (Å²) in [7, 11) is 0. The van der Waals surface area contributed by atoms with E-state index in [2.05, 4.69) is 11.9 Å². The minimum absolute atomic E-state index is 0.0629. The molecule has 0 radical (unpaired) electrons. The predicted octanol–water partition coefficient (Wildman–Crippen LogP) is 5.70. The van der Waals surface area contributed by atoms with Crippen LogP contribution in [0.2, 0.25) is 0 Å². The Morgan fingerprint density at radius 3 is 2.33 bits per heavy atom. The second-order valence-corrected chi connectivity index (χ2v) is 9.77. The summed E-state index contributed by atoms with van der Waals surface area (Å²) >= 11 is 0. The first-order valence-corrected chi connectivity index (χ1v) is 10.9. The average molecular weight is 420 g/mol. The number of unbranched alkanes of at least 4 members (excludes halogenated alkanes) is 1. The predicted molar refractivity (Wildman–Crippen MR) is 118 cm³/mol. The molecule has 2 heterocycles. The van der Waals surface area contributed by atoms with E-state index in [1.54, 1.807) is 16.0 Å². The lowest BCUT2D eigenvalue weighted by molar-refractivity contribution is 0.0224. The molecule has 7 nitrogen and oxygen atoms in total. The molecule has 168 valence electrons. The molecule has 30 heavy (non-hydrogen) atoms. The van der Waals surface area contributed by atoms with Crippen molar-refractivity contribution in [3.8, 4) is 0 Å². The van der Waals surface area contributed by atoms with Crippen LogP contribution in [-0.4, -0.2) is 46.4 Å². The second-order valence-electron chi connectivity index (χ2n) is 9.77. The maximum absolute atomic E-state index is 12.7. The Bertz CT molecular complexity index is 719. The van der Waals surface area contributed by atoms with Gasteiger partial charge in [0, 0.05) is 19.3 Å². The Labute approximate surface area is 180 Å². The first-order chi connectivity index (χ1) is 13.9. The average Bonchev–Trinajstić information content (AvgIpc) is 3.09. The number of anilines is 1. The number of pyridine rings is 1. The minimum atomic E-state index is -0.570. The molecule has 0 aliphatic carbocycles. The molecule has 0 saturated carbocycles. The van der Waals surface area contributed by atoms with Crippen molar-refractivity contribution >= 4 is 18.0 Å². The van der Waals surface area contributed by atoms with Gasteiger partial charge in [-0.05, 0) is 72.4 Å². The van der Waals surface area contributed by atoms with Gasteiger partial charge in [-0.2, -0.15) is 0 Å². The molecule has 0 N–H and O–H groups in total. The molecule has 1 saturated heterocycles. The molecule has 2 amide bonds. The molecular weight excluding hydrogens is 382 g/mol. The number of hydrogen-bond donors (Lipinski definition) is 0. The van der Waals surface area contributed by atoms with Crippen molar-refractivity contribution in [2.24, 2.45) is 0 Å². The standard InChI is InChI=1S/C23H37N3O4/c1-8-9-14-26(21(28)30-23(5,6)7)19-13-12-17(16-24-19)18-11-10-15-25(18)20(27)29-22(2,3)4/h12-13,16,18H,8-11,14-15H2,1-7H3/t18-/m0/s1. The maximum Gasteiger partial charge on any atom is 0.416 e. The van der Waals surface area contributed by atoms with Gasteiger partial charge in [0.2, 0.25) is 0 Å². The van der Waals surface area contributed by atoms with Gasteiger partial charge in [0.05, 0.1) is 6.04 Å². The van der Waals surface area contributed by atoms with Gasteiger partial charge in [-0.25, -0.2) is 14.6 Å². The highest BCUT2D eigenvalue weighted by Crippen LogP contribution is 2.33. The third kappa shape index (κ3) is 6.89. The summed E-state index contributed by atoms with van der Waals surface area (Å²) in [6.45, 7) is 14.5. The quantitative estimate of drug-likeness (QED) is 0.612. The van der Waals surface area contributed by atoms with E-state index < -0.39 is 17.3 Å². The summed E-state index contributed by atoms with van der Waals surface area (Å²) < 4.78 is 11.1. The van der Waals surface area contributed by atoms with Crippen LogP contribution < -0.4 is 4.90 Å². The summed E-state index contributed by atoms with van der Waals surface area (Å²) in [5.41, 5.74) is -0.152. The van der Waals surface area contributed by atoms with Crippen molar-refractivity contribution in [1.29, 1.82) is 0 Å². The van der Waals surface area contributed by atoms with Gasteiger partial charge >= 0.3 is 12.2 Å². The zero-order valence-electron chi connectivity index (χ0n) is 19.5. The lowest BCUT2D eigenvalue weighted by Gasteiger charge is -2.29. The molecule has 1 aromatic rings. The Morgan fingerprint density at radius 2 is 1.80 bits per heavy atom. The summed E-state index contributed by atoms with van der Waals surface area (Å²) in [5.74, 6) is 0.559. The van der Waals surface area contributed by atoms with E-state index in [1.165, 1.54) is 0 Å². The molecule has 1 atom stereocenters. The molecule has 0 spiro atoms. The van der Waals surface area contributed by atoms with Crippen molar-refractivity contribution in [2.45, 2.75) is 91.4 Å². The molecule has 0 bridgehead atoms. The number of amides is 2. The normalized spacial score (nSPS) is 17.0. The van der Waals surface area contributed by atoms with Crippen LogP contribution >= 0.6 is 0 Å². The number of carbonyl (C=O) groups is 2. The molecule has 0 aromatic carbocycles. The van der Waals surface area contributed by atoms with Crippen LogP contribution in [0.4, 0.5) is 15.4 Å². The van der Waals surface area contributed by atoms with E-state index in [-0.39, 0.29) is 12.1 Å². The van der Waals surface area contributed by atoms with E-state index in [0.717, 1.165) is 31.2 Å². The highest BCUT2D eigenvalue weighted by molar-refractivity contribution is 5.86. The molecule has 7 heteroatoms. The Morgan fingerprint density at radius 1 is 1.13 bits per heavy atom. The fourth-order valence-electron chi connectivity index (χ4n) is 3.34. The van der Waals surface area contributed by atoms with E-state index >= 15 is 0 Å². The van der Waals surface area contributed by atoms with Crippen molar-refractivity contribution in [3.63, 3.8) is 0 Å². The number of likely N-dealkylation sites (tertiary alicyclic amines) is 1. The van der Waals surface area contributed by atoms with Gasteiger partial charge in [-0.1, -0.05) is 19.4 Å². The zero-order valence-corrected chi connectivity index (χ0v) is 19.5. The number of carbonyl (C=O) groups excluding carboxylic acids is 2. The Kier molecular flexibility index (Phi) is 7.72. The van der Waals surface area contributed by atoms with Gasteiger partial charge in [0.15, 0.2) is 0 Å². The van der Waals surface area contributed by atoms with Crippen LogP contribution in [0.1, 0.15) is 85.8 Å². The smallest absolute Gasteiger partial charge is 0.416 e. The van der Waals surface area contributed by atoms with Gasteiger partial charge in [-0.15, -0.1) is 0 Å². The van der Waals surface area contributed by atoms with Crippen LogP contribution in [0.5, 0.6) is 0 Å². The van der Waals surface area contributed by atoms with E-state index in [1.807, 2.05) is 53.7 Å². The molecule has 1 fully saturated rings. The monoisotopic (exact) mass is 419 g/mol. The molecule has 1 aliphatic heterocycles. The van der Waals surface area contributed by atoms with Crippen molar-refractivity contribution in [1.82, 2.24) is 9.88 Å². The van der Waals surface area contributed by atoms with Gasteiger partial charge in [0.1, 0.15) is 17.0 Å². The number of aromatic nitrogens is 1. The molecule has 2 rings (SSSR count).